The quantitative estimate of drug-likeness (QED) is 0.785. The van der Waals surface area contributed by atoms with E-state index in [1.165, 1.54) is 0 Å². The van der Waals surface area contributed by atoms with E-state index < -0.39 is 0 Å². The Labute approximate surface area is 128 Å². The third kappa shape index (κ3) is 3.25. The van der Waals surface area contributed by atoms with E-state index in [-0.39, 0.29) is 5.91 Å². The Bertz CT molecular complexity index is 759. The molecule has 0 unspecified atom stereocenters. The predicted molar refractivity (Wildman–Crippen MR) is 83.8 cm³/mol. The predicted octanol–water partition coefficient (Wildman–Crippen LogP) is 3.34. The van der Waals surface area contributed by atoms with Crippen molar-refractivity contribution in [2.24, 2.45) is 0 Å². The number of hydrogen-bond donors (Lipinski definition) is 1. The molecule has 0 spiro atoms. The second-order valence-electron chi connectivity index (χ2n) is 4.96. The van der Waals surface area contributed by atoms with E-state index in [4.69, 9.17) is 4.42 Å². The number of rotatable bonds is 5. The average Bonchev–Trinajstić information content (AvgIpc) is 3.17. The molecule has 22 heavy (non-hydrogen) atoms. The van der Waals surface area contributed by atoms with Gasteiger partial charge in [-0.1, -0.05) is 37.3 Å². The van der Waals surface area contributed by atoms with Crippen LogP contribution in [0.4, 0.5) is 5.82 Å². The minimum absolute atomic E-state index is 0.287. The maximum absolute atomic E-state index is 12.1. The molecule has 3 rings (SSSR count). The monoisotopic (exact) mass is 295 g/mol. The maximum atomic E-state index is 12.1. The molecule has 2 heterocycles. The van der Waals surface area contributed by atoms with Gasteiger partial charge < -0.3 is 9.73 Å². The Morgan fingerprint density at radius 2 is 2.00 bits per heavy atom. The van der Waals surface area contributed by atoms with E-state index in [2.05, 4.69) is 10.4 Å². The zero-order valence-corrected chi connectivity index (χ0v) is 12.3. The van der Waals surface area contributed by atoms with E-state index in [0.717, 1.165) is 17.7 Å². The van der Waals surface area contributed by atoms with Crippen molar-refractivity contribution in [3.8, 4) is 0 Å². The van der Waals surface area contributed by atoms with Crippen molar-refractivity contribution < 1.29 is 9.21 Å². The SMILES string of the molecule is CCc1ccc(C(=O)Nc2ccn(Cc3ccccc3)n2)o1. The highest BCUT2D eigenvalue weighted by molar-refractivity contribution is 6.01. The van der Waals surface area contributed by atoms with E-state index >= 15 is 0 Å². The van der Waals surface area contributed by atoms with Gasteiger partial charge in [0.25, 0.3) is 5.91 Å². The van der Waals surface area contributed by atoms with Crippen LogP contribution in [-0.2, 0) is 13.0 Å². The number of nitrogens with one attached hydrogen (secondary N) is 1. The Balaban J connectivity index is 1.65. The Morgan fingerprint density at radius 1 is 1.18 bits per heavy atom. The highest BCUT2D eigenvalue weighted by Gasteiger charge is 2.12. The summed E-state index contributed by atoms with van der Waals surface area (Å²) in [6.07, 6.45) is 2.60. The lowest BCUT2D eigenvalue weighted by molar-refractivity contribution is 0.0994. The highest BCUT2D eigenvalue weighted by Crippen LogP contribution is 2.12. The molecule has 0 atom stereocenters. The molecular weight excluding hydrogens is 278 g/mol. The van der Waals surface area contributed by atoms with Gasteiger partial charge in [0, 0.05) is 18.7 Å². The first-order valence-electron chi connectivity index (χ1n) is 7.22. The molecular formula is C17H17N3O2. The number of aromatic nitrogens is 2. The smallest absolute Gasteiger partial charge is 0.292 e. The molecule has 0 bridgehead atoms. The van der Waals surface area contributed by atoms with Crippen LogP contribution in [0.1, 0.15) is 28.8 Å². The number of carbonyl (C=O) groups excluding carboxylic acids is 1. The lowest BCUT2D eigenvalue weighted by Gasteiger charge is -2.02. The molecule has 0 fully saturated rings. The molecule has 112 valence electrons. The first-order valence-corrected chi connectivity index (χ1v) is 7.22. The summed E-state index contributed by atoms with van der Waals surface area (Å²) in [5, 5.41) is 7.08. The molecule has 1 amide bonds. The van der Waals surface area contributed by atoms with Crippen molar-refractivity contribution in [3.63, 3.8) is 0 Å². The molecule has 0 saturated carbocycles. The van der Waals surface area contributed by atoms with E-state index in [0.29, 0.717) is 18.1 Å². The van der Waals surface area contributed by atoms with E-state index in [1.807, 2.05) is 49.5 Å². The molecule has 0 saturated heterocycles. The molecule has 1 aromatic carbocycles. The first kappa shape index (κ1) is 14.1. The van der Waals surface area contributed by atoms with Crippen molar-refractivity contribution in [2.45, 2.75) is 19.9 Å². The molecule has 0 aliphatic rings. The first-order chi connectivity index (χ1) is 10.7. The minimum atomic E-state index is -0.287. The van der Waals surface area contributed by atoms with Gasteiger partial charge in [-0.2, -0.15) is 5.10 Å². The van der Waals surface area contributed by atoms with Crippen molar-refractivity contribution in [1.29, 1.82) is 0 Å². The second-order valence-corrected chi connectivity index (χ2v) is 4.96. The maximum Gasteiger partial charge on any atom is 0.292 e. The van der Waals surface area contributed by atoms with Gasteiger partial charge in [0.05, 0.1) is 6.54 Å². The molecule has 0 aliphatic carbocycles. The van der Waals surface area contributed by atoms with Crippen molar-refractivity contribution >= 4 is 11.7 Å². The van der Waals surface area contributed by atoms with Gasteiger partial charge in [-0.15, -0.1) is 0 Å². The number of benzene rings is 1. The zero-order chi connectivity index (χ0) is 15.4. The fraction of sp³-hybridized carbons (Fsp3) is 0.176. The van der Waals surface area contributed by atoms with Gasteiger partial charge in [0.2, 0.25) is 0 Å². The normalized spacial score (nSPS) is 10.6. The van der Waals surface area contributed by atoms with E-state index in [9.17, 15) is 4.79 Å². The largest absolute Gasteiger partial charge is 0.456 e. The van der Waals surface area contributed by atoms with Crippen LogP contribution in [0, 0.1) is 0 Å². The number of amides is 1. The van der Waals surface area contributed by atoms with Crippen molar-refractivity contribution in [1.82, 2.24) is 9.78 Å². The van der Waals surface area contributed by atoms with Gasteiger partial charge in [0.1, 0.15) is 5.76 Å². The topological polar surface area (TPSA) is 60.1 Å². The molecule has 3 aromatic rings. The van der Waals surface area contributed by atoms with Crippen molar-refractivity contribution in [3.05, 3.63) is 71.8 Å². The summed E-state index contributed by atoms with van der Waals surface area (Å²) in [5.41, 5.74) is 1.15. The van der Waals surface area contributed by atoms with Crippen LogP contribution in [0.3, 0.4) is 0 Å². The van der Waals surface area contributed by atoms with Crippen LogP contribution < -0.4 is 5.32 Å². The molecule has 0 aliphatic heterocycles. The second kappa shape index (κ2) is 6.30. The average molecular weight is 295 g/mol. The standard InChI is InChI=1S/C17H17N3O2/c1-2-14-8-9-15(22-14)17(21)18-16-10-11-20(19-16)12-13-6-4-3-5-7-13/h3-11H,2,12H2,1H3,(H,18,19,21). The van der Waals surface area contributed by atoms with Crippen molar-refractivity contribution in [2.75, 3.05) is 5.32 Å². The Morgan fingerprint density at radius 3 is 2.73 bits per heavy atom. The zero-order valence-electron chi connectivity index (χ0n) is 12.3. The van der Waals surface area contributed by atoms with Gasteiger partial charge >= 0.3 is 0 Å². The summed E-state index contributed by atoms with van der Waals surface area (Å²) < 4.78 is 7.20. The summed E-state index contributed by atoms with van der Waals surface area (Å²) in [6, 6.07) is 15.3. The van der Waals surface area contributed by atoms with Crippen LogP contribution in [0.5, 0.6) is 0 Å². The number of furan rings is 1. The summed E-state index contributed by atoms with van der Waals surface area (Å²) in [4.78, 5) is 12.1. The van der Waals surface area contributed by atoms with Crippen LogP contribution in [0.2, 0.25) is 0 Å². The van der Waals surface area contributed by atoms with Gasteiger partial charge in [0.15, 0.2) is 11.6 Å². The van der Waals surface area contributed by atoms with E-state index in [1.54, 1.807) is 16.8 Å². The molecule has 5 heteroatoms. The van der Waals surface area contributed by atoms with Crippen LogP contribution >= 0.6 is 0 Å². The molecule has 2 aromatic heterocycles. The highest BCUT2D eigenvalue weighted by atomic mass is 16.3. The van der Waals surface area contributed by atoms with Crippen LogP contribution in [0.25, 0.3) is 0 Å². The summed E-state index contributed by atoms with van der Waals surface area (Å²) >= 11 is 0. The summed E-state index contributed by atoms with van der Waals surface area (Å²) in [5.74, 6) is 1.31. The number of carbonyl (C=O) groups is 1. The lowest BCUT2D eigenvalue weighted by Crippen LogP contribution is -2.12. The Kier molecular flexibility index (Phi) is 4.05. The third-order valence-corrected chi connectivity index (χ3v) is 3.30. The lowest BCUT2D eigenvalue weighted by atomic mass is 10.2. The third-order valence-electron chi connectivity index (χ3n) is 3.30. The summed E-state index contributed by atoms with van der Waals surface area (Å²) in [6.45, 7) is 2.64. The molecule has 0 radical (unpaired) electrons. The minimum Gasteiger partial charge on any atom is -0.456 e. The molecule has 5 nitrogen and oxygen atoms in total. The number of anilines is 1. The van der Waals surface area contributed by atoms with Gasteiger partial charge in [-0.3, -0.25) is 9.48 Å². The fourth-order valence-corrected chi connectivity index (χ4v) is 2.15. The number of hydrogen-bond acceptors (Lipinski definition) is 3. The summed E-state index contributed by atoms with van der Waals surface area (Å²) in [7, 11) is 0. The van der Waals surface area contributed by atoms with Crippen LogP contribution in [0.15, 0.2) is 59.1 Å². The fourth-order valence-electron chi connectivity index (χ4n) is 2.15. The number of nitrogens with zero attached hydrogens (tertiary/aromatic N) is 2. The van der Waals surface area contributed by atoms with Crippen LogP contribution in [-0.4, -0.2) is 15.7 Å². The molecule has 1 N–H and O–H groups in total. The number of aryl methyl sites for hydroxylation is 1. The van der Waals surface area contributed by atoms with Gasteiger partial charge in [-0.25, -0.2) is 0 Å². The Hall–Kier alpha value is -2.82. The van der Waals surface area contributed by atoms with Gasteiger partial charge in [-0.05, 0) is 17.7 Å².